The van der Waals surface area contributed by atoms with Gasteiger partial charge in [-0.3, -0.25) is 9.78 Å². The fraction of sp³-hybridized carbons (Fsp3) is 0. The molecule has 26 heavy (non-hydrogen) atoms. The number of hydrogen-bond acceptors (Lipinski definition) is 2. The number of nitrogens with one attached hydrogen (secondary N) is 1. The van der Waals surface area contributed by atoms with Crippen LogP contribution in [0.4, 0.5) is 5.69 Å². The van der Waals surface area contributed by atoms with Crippen LogP contribution in [0.5, 0.6) is 0 Å². The highest BCUT2D eigenvalue weighted by atomic mass is 35.5. The van der Waals surface area contributed by atoms with Gasteiger partial charge in [-0.2, -0.15) is 0 Å². The lowest BCUT2D eigenvalue weighted by Gasteiger charge is -2.12. The predicted molar refractivity (Wildman–Crippen MR) is 107 cm³/mol. The summed E-state index contributed by atoms with van der Waals surface area (Å²) in [5, 5.41) is 5.64. The number of fused-ring (bicyclic) bond motifs is 1. The van der Waals surface area contributed by atoms with Crippen molar-refractivity contribution in [1.82, 2.24) is 4.98 Å². The van der Waals surface area contributed by atoms with Crippen LogP contribution in [0.1, 0.15) is 10.5 Å². The van der Waals surface area contributed by atoms with E-state index in [1.54, 1.807) is 24.4 Å². The van der Waals surface area contributed by atoms with Crippen LogP contribution in [0.15, 0.2) is 85.1 Å². The van der Waals surface area contributed by atoms with Crippen molar-refractivity contribution in [2.75, 3.05) is 5.32 Å². The molecule has 0 radical (unpaired) electrons. The molecule has 4 heteroatoms. The van der Waals surface area contributed by atoms with Crippen LogP contribution in [0.3, 0.4) is 0 Å². The molecule has 0 atom stereocenters. The summed E-state index contributed by atoms with van der Waals surface area (Å²) in [6.07, 6.45) is 1.60. The summed E-state index contributed by atoms with van der Waals surface area (Å²) in [6.45, 7) is 0. The maximum Gasteiger partial charge on any atom is 0.274 e. The van der Waals surface area contributed by atoms with E-state index in [9.17, 15) is 4.79 Å². The molecule has 4 aromatic rings. The van der Waals surface area contributed by atoms with Crippen molar-refractivity contribution in [2.24, 2.45) is 0 Å². The van der Waals surface area contributed by atoms with E-state index in [1.165, 1.54) is 0 Å². The molecule has 1 heterocycles. The number of carbonyl (C=O) groups excluding carboxylic acids is 1. The Labute approximate surface area is 156 Å². The molecule has 0 aliphatic heterocycles. The van der Waals surface area contributed by atoms with Gasteiger partial charge in [0.15, 0.2) is 0 Å². The lowest BCUT2D eigenvalue weighted by molar-refractivity contribution is 0.102. The van der Waals surface area contributed by atoms with E-state index < -0.39 is 0 Å². The second-order valence-corrected chi connectivity index (χ2v) is 6.26. The molecular formula is C22H15ClN2O. The first-order chi connectivity index (χ1) is 12.7. The molecular weight excluding hydrogens is 344 g/mol. The zero-order valence-corrected chi connectivity index (χ0v) is 14.6. The van der Waals surface area contributed by atoms with Crippen molar-refractivity contribution in [3.8, 4) is 11.1 Å². The predicted octanol–water partition coefficient (Wildman–Crippen LogP) is 5.81. The first kappa shape index (κ1) is 16.3. The molecule has 126 valence electrons. The van der Waals surface area contributed by atoms with Gasteiger partial charge in [0.2, 0.25) is 0 Å². The molecule has 0 unspecified atom stereocenters. The number of pyridine rings is 1. The van der Waals surface area contributed by atoms with Gasteiger partial charge in [0, 0.05) is 27.9 Å². The third-order valence-corrected chi connectivity index (χ3v) is 4.56. The maximum absolute atomic E-state index is 12.5. The Kier molecular flexibility index (Phi) is 4.38. The fourth-order valence-corrected chi connectivity index (χ4v) is 3.25. The largest absolute Gasteiger partial charge is 0.320 e. The summed E-state index contributed by atoms with van der Waals surface area (Å²) >= 11 is 6.39. The third kappa shape index (κ3) is 3.05. The Balaban J connectivity index is 1.80. The van der Waals surface area contributed by atoms with Gasteiger partial charge in [-0.1, -0.05) is 66.2 Å². The SMILES string of the molecule is O=C(Nc1cccc2c(-c3ccccc3Cl)cccc12)c1ccccn1. The van der Waals surface area contributed by atoms with Gasteiger partial charge in [-0.25, -0.2) is 0 Å². The van der Waals surface area contributed by atoms with Crippen molar-refractivity contribution in [3.63, 3.8) is 0 Å². The first-order valence-electron chi connectivity index (χ1n) is 8.23. The number of halogens is 1. The summed E-state index contributed by atoms with van der Waals surface area (Å²) in [6, 6.07) is 24.9. The molecule has 3 aromatic carbocycles. The minimum Gasteiger partial charge on any atom is -0.320 e. The highest BCUT2D eigenvalue weighted by molar-refractivity contribution is 6.33. The van der Waals surface area contributed by atoms with E-state index in [2.05, 4.69) is 10.3 Å². The van der Waals surface area contributed by atoms with E-state index >= 15 is 0 Å². The second kappa shape index (κ2) is 6.98. The third-order valence-electron chi connectivity index (χ3n) is 4.23. The van der Waals surface area contributed by atoms with Crippen molar-refractivity contribution < 1.29 is 4.79 Å². The van der Waals surface area contributed by atoms with Crippen LogP contribution >= 0.6 is 11.6 Å². The van der Waals surface area contributed by atoms with Crippen molar-refractivity contribution in [2.45, 2.75) is 0 Å². The van der Waals surface area contributed by atoms with Crippen molar-refractivity contribution in [1.29, 1.82) is 0 Å². The van der Waals surface area contributed by atoms with Gasteiger partial charge in [0.05, 0.1) is 0 Å². The lowest BCUT2D eigenvalue weighted by atomic mass is 9.97. The summed E-state index contributed by atoms with van der Waals surface area (Å²) in [7, 11) is 0. The fourth-order valence-electron chi connectivity index (χ4n) is 3.02. The highest BCUT2D eigenvalue weighted by Gasteiger charge is 2.12. The molecule has 3 nitrogen and oxygen atoms in total. The van der Waals surface area contributed by atoms with Crippen LogP contribution < -0.4 is 5.32 Å². The molecule has 0 saturated heterocycles. The zero-order chi connectivity index (χ0) is 17.9. The van der Waals surface area contributed by atoms with Gasteiger partial charge in [0.25, 0.3) is 5.91 Å². The minimum atomic E-state index is -0.235. The van der Waals surface area contributed by atoms with Gasteiger partial charge in [-0.15, -0.1) is 0 Å². The number of nitrogens with zero attached hydrogens (tertiary/aromatic N) is 1. The molecule has 0 fully saturated rings. The lowest BCUT2D eigenvalue weighted by Crippen LogP contribution is -2.13. The number of carbonyl (C=O) groups is 1. The van der Waals surface area contributed by atoms with E-state index in [1.807, 2.05) is 60.7 Å². The van der Waals surface area contributed by atoms with Crippen LogP contribution in [-0.4, -0.2) is 10.9 Å². The maximum atomic E-state index is 12.5. The number of amides is 1. The van der Waals surface area contributed by atoms with Gasteiger partial charge >= 0.3 is 0 Å². The Bertz CT molecular complexity index is 1090. The van der Waals surface area contributed by atoms with Crippen LogP contribution in [0, 0.1) is 0 Å². The molecule has 0 saturated carbocycles. The molecule has 0 spiro atoms. The van der Waals surface area contributed by atoms with Crippen LogP contribution in [0.25, 0.3) is 21.9 Å². The van der Waals surface area contributed by atoms with Crippen LogP contribution in [0.2, 0.25) is 5.02 Å². The Morgan fingerprint density at radius 1 is 0.769 bits per heavy atom. The number of benzene rings is 3. The average molecular weight is 359 g/mol. The highest BCUT2D eigenvalue weighted by Crippen LogP contribution is 2.35. The monoisotopic (exact) mass is 358 g/mol. The molecule has 0 aliphatic rings. The quantitative estimate of drug-likeness (QED) is 0.502. The van der Waals surface area contributed by atoms with Crippen molar-refractivity contribution >= 4 is 34.0 Å². The van der Waals surface area contributed by atoms with Gasteiger partial charge in [0.1, 0.15) is 5.69 Å². The number of hydrogen-bond donors (Lipinski definition) is 1. The minimum absolute atomic E-state index is 0.235. The number of anilines is 1. The summed E-state index contributed by atoms with van der Waals surface area (Å²) in [4.78, 5) is 16.6. The van der Waals surface area contributed by atoms with E-state index in [0.29, 0.717) is 10.7 Å². The normalized spacial score (nSPS) is 10.7. The topological polar surface area (TPSA) is 42.0 Å². The van der Waals surface area contributed by atoms with E-state index in [0.717, 1.165) is 27.6 Å². The standard InChI is InChI=1S/C22H15ClN2O/c23-19-11-2-1-7-17(19)15-8-5-10-18-16(15)9-6-13-20(18)25-22(26)21-12-3-4-14-24-21/h1-14H,(H,25,26). The van der Waals surface area contributed by atoms with E-state index in [-0.39, 0.29) is 5.91 Å². The Morgan fingerprint density at radius 3 is 2.31 bits per heavy atom. The summed E-state index contributed by atoms with van der Waals surface area (Å²) < 4.78 is 0. The molecule has 0 bridgehead atoms. The Hall–Kier alpha value is -3.17. The Morgan fingerprint density at radius 2 is 1.50 bits per heavy atom. The molecule has 1 amide bonds. The second-order valence-electron chi connectivity index (χ2n) is 5.86. The number of aromatic nitrogens is 1. The molecule has 1 N–H and O–H groups in total. The molecule has 1 aromatic heterocycles. The average Bonchev–Trinajstić information content (AvgIpc) is 2.69. The number of rotatable bonds is 3. The van der Waals surface area contributed by atoms with Crippen LogP contribution in [-0.2, 0) is 0 Å². The van der Waals surface area contributed by atoms with Gasteiger partial charge in [-0.05, 0) is 35.2 Å². The molecule has 0 aliphatic carbocycles. The van der Waals surface area contributed by atoms with Gasteiger partial charge < -0.3 is 5.32 Å². The zero-order valence-electron chi connectivity index (χ0n) is 13.8. The first-order valence-corrected chi connectivity index (χ1v) is 8.61. The van der Waals surface area contributed by atoms with E-state index in [4.69, 9.17) is 11.6 Å². The molecule has 4 rings (SSSR count). The summed E-state index contributed by atoms with van der Waals surface area (Å²) in [5.74, 6) is -0.235. The van der Waals surface area contributed by atoms with Crippen molar-refractivity contribution in [3.05, 3.63) is 95.8 Å². The smallest absolute Gasteiger partial charge is 0.274 e. The summed E-state index contributed by atoms with van der Waals surface area (Å²) in [5.41, 5.74) is 3.12.